The molecule has 2 aromatic rings. The van der Waals surface area contributed by atoms with Crippen LogP contribution in [0, 0.1) is 0 Å². The third-order valence-corrected chi connectivity index (χ3v) is 6.52. The number of anilines is 1. The molecule has 1 saturated carbocycles. The number of nitrogens with one attached hydrogen (secondary N) is 2. The number of benzene rings is 2. The SMILES string of the molecule is O=C(CCSc1ccc(Cl)cc1)Nc1cccc(S(=O)(=O)NC2CC2)c1. The fourth-order valence-electron chi connectivity index (χ4n) is 2.25. The van der Waals surface area contributed by atoms with Crippen LogP contribution in [0.15, 0.2) is 58.3 Å². The van der Waals surface area contributed by atoms with Crippen LogP contribution in [0.5, 0.6) is 0 Å². The molecular formula is C18H19ClN2O3S2. The summed E-state index contributed by atoms with van der Waals surface area (Å²) in [6.45, 7) is 0. The number of thioether (sulfide) groups is 1. The van der Waals surface area contributed by atoms with E-state index in [-0.39, 0.29) is 16.8 Å². The lowest BCUT2D eigenvalue weighted by Crippen LogP contribution is -2.25. The smallest absolute Gasteiger partial charge is 0.240 e. The number of carbonyl (C=O) groups excluding carboxylic acids is 1. The second-order valence-corrected chi connectivity index (χ2v) is 9.34. The number of sulfonamides is 1. The lowest BCUT2D eigenvalue weighted by atomic mass is 10.3. The lowest BCUT2D eigenvalue weighted by Gasteiger charge is -2.09. The summed E-state index contributed by atoms with van der Waals surface area (Å²) in [5.41, 5.74) is 0.477. The van der Waals surface area contributed by atoms with Crippen LogP contribution in [0.2, 0.25) is 5.02 Å². The van der Waals surface area contributed by atoms with Crippen molar-refractivity contribution in [2.45, 2.75) is 35.1 Å². The normalized spacial score (nSPS) is 14.2. The topological polar surface area (TPSA) is 75.3 Å². The average Bonchev–Trinajstić information content (AvgIpc) is 3.40. The first kappa shape index (κ1) is 19.2. The standard InChI is InChI=1S/C18H19ClN2O3S2/c19-13-4-8-16(9-5-13)25-11-10-18(22)20-15-2-1-3-17(12-15)26(23,24)21-14-6-7-14/h1-5,8-9,12,14,21H,6-7,10-11H2,(H,20,22). The minimum atomic E-state index is -3.53. The molecule has 1 fully saturated rings. The first-order valence-corrected chi connectivity index (χ1v) is 11.1. The molecular weight excluding hydrogens is 392 g/mol. The van der Waals surface area contributed by atoms with E-state index in [1.807, 2.05) is 24.3 Å². The zero-order chi connectivity index (χ0) is 18.6. The summed E-state index contributed by atoms with van der Waals surface area (Å²) in [5, 5.41) is 3.43. The lowest BCUT2D eigenvalue weighted by molar-refractivity contribution is -0.115. The largest absolute Gasteiger partial charge is 0.326 e. The Kier molecular flexibility index (Phi) is 6.24. The summed E-state index contributed by atoms with van der Waals surface area (Å²) in [4.78, 5) is 13.3. The number of amides is 1. The first-order valence-electron chi connectivity index (χ1n) is 8.23. The van der Waals surface area contributed by atoms with Gasteiger partial charge in [0.25, 0.3) is 0 Å². The van der Waals surface area contributed by atoms with Crippen LogP contribution in [0.25, 0.3) is 0 Å². The van der Waals surface area contributed by atoms with Gasteiger partial charge in [0.05, 0.1) is 4.90 Å². The number of hydrogen-bond acceptors (Lipinski definition) is 4. The van der Waals surface area contributed by atoms with Crippen LogP contribution in [0.1, 0.15) is 19.3 Å². The van der Waals surface area contributed by atoms with Gasteiger partial charge in [-0.25, -0.2) is 13.1 Å². The summed E-state index contributed by atoms with van der Waals surface area (Å²) in [7, 11) is -3.53. The number of halogens is 1. The molecule has 0 atom stereocenters. The molecule has 8 heteroatoms. The molecule has 2 aromatic carbocycles. The number of carbonyl (C=O) groups is 1. The number of rotatable bonds is 8. The molecule has 1 aliphatic rings. The molecule has 0 radical (unpaired) electrons. The van der Waals surface area contributed by atoms with Gasteiger partial charge in [0.15, 0.2) is 0 Å². The van der Waals surface area contributed by atoms with Crippen LogP contribution >= 0.6 is 23.4 Å². The highest BCUT2D eigenvalue weighted by Crippen LogP contribution is 2.24. The maximum absolute atomic E-state index is 12.2. The molecule has 26 heavy (non-hydrogen) atoms. The minimum Gasteiger partial charge on any atom is -0.326 e. The fourth-order valence-corrected chi connectivity index (χ4v) is 4.57. The van der Waals surface area contributed by atoms with E-state index >= 15 is 0 Å². The molecule has 0 spiro atoms. The van der Waals surface area contributed by atoms with E-state index < -0.39 is 10.0 Å². The van der Waals surface area contributed by atoms with Gasteiger partial charge in [-0.1, -0.05) is 17.7 Å². The molecule has 0 aliphatic heterocycles. The van der Waals surface area contributed by atoms with Gasteiger partial charge in [0.2, 0.25) is 15.9 Å². The molecule has 1 aliphatic carbocycles. The number of hydrogen-bond donors (Lipinski definition) is 2. The van der Waals surface area contributed by atoms with E-state index in [0.717, 1.165) is 17.7 Å². The summed E-state index contributed by atoms with van der Waals surface area (Å²) in [5.74, 6) is 0.463. The van der Waals surface area contributed by atoms with Gasteiger partial charge in [-0.2, -0.15) is 0 Å². The molecule has 3 rings (SSSR count). The Hall–Kier alpha value is -1.54. The van der Waals surface area contributed by atoms with E-state index in [1.165, 1.54) is 12.1 Å². The van der Waals surface area contributed by atoms with E-state index in [2.05, 4.69) is 10.0 Å². The summed E-state index contributed by atoms with van der Waals surface area (Å²) in [6, 6.07) is 13.8. The Labute approximate surface area is 162 Å². The van der Waals surface area contributed by atoms with Crippen molar-refractivity contribution in [1.82, 2.24) is 4.72 Å². The molecule has 5 nitrogen and oxygen atoms in total. The van der Waals surface area contributed by atoms with Gasteiger partial charge in [0, 0.05) is 33.8 Å². The zero-order valence-electron chi connectivity index (χ0n) is 13.9. The van der Waals surface area contributed by atoms with Crippen LogP contribution < -0.4 is 10.0 Å². The van der Waals surface area contributed by atoms with Crippen LogP contribution in [-0.4, -0.2) is 26.1 Å². The van der Waals surface area contributed by atoms with Crippen LogP contribution in [-0.2, 0) is 14.8 Å². The van der Waals surface area contributed by atoms with Gasteiger partial charge in [-0.15, -0.1) is 11.8 Å². The Morgan fingerprint density at radius 2 is 1.88 bits per heavy atom. The van der Waals surface area contributed by atoms with Gasteiger partial charge >= 0.3 is 0 Å². The van der Waals surface area contributed by atoms with Crippen molar-refractivity contribution in [3.8, 4) is 0 Å². The Morgan fingerprint density at radius 1 is 1.15 bits per heavy atom. The zero-order valence-corrected chi connectivity index (χ0v) is 16.3. The van der Waals surface area contributed by atoms with Gasteiger partial charge < -0.3 is 5.32 Å². The fraction of sp³-hybridized carbons (Fsp3) is 0.278. The van der Waals surface area contributed by atoms with Crippen molar-refractivity contribution >= 4 is 45.0 Å². The van der Waals surface area contributed by atoms with Crippen molar-refractivity contribution < 1.29 is 13.2 Å². The summed E-state index contributed by atoms with van der Waals surface area (Å²) < 4.78 is 27.1. The molecule has 0 unspecified atom stereocenters. The van der Waals surface area contributed by atoms with Gasteiger partial charge in [-0.05, 0) is 55.3 Å². The molecule has 2 N–H and O–H groups in total. The van der Waals surface area contributed by atoms with Crippen LogP contribution in [0.3, 0.4) is 0 Å². The van der Waals surface area contributed by atoms with Crippen molar-refractivity contribution in [3.63, 3.8) is 0 Å². The maximum atomic E-state index is 12.2. The van der Waals surface area contributed by atoms with Crippen molar-refractivity contribution in [2.75, 3.05) is 11.1 Å². The van der Waals surface area contributed by atoms with Crippen LogP contribution in [0.4, 0.5) is 5.69 Å². The second kappa shape index (κ2) is 8.43. The van der Waals surface area contributed by atoms with E-state index in [1.54, 1.807) is 23.9 Å². The Bertz CT molecular complexity index is 882. The quantitative estimate of drug-likeness (QED) is 0.647. The van der Waals surface area contributed by atoms with Crippen molar-refractivity contribution in [3.05, 3.63) is 53.6 Å². The van der Waals surface area contributed by atoms with Gasteiger partial charge in [-0.3, -0.25) is 4.79 Å². The van der Waals surface area contributed by atoms with Crippen molar-refractivity contribution in [1.29, 1.82) is 0 Å². The minimum absolute atomic E-state index is 0.0446. The highest BCUT2D eigenvalue weighted by molar-refractivity contribution is 7.99. The third-order valence-electron chi connectivity index (χ3n) is 3.74. The predicted molar refractivity (Wildman–Crippen MR) is 105 cm³/mol. The molecule has 0 heterocycles. The highest BCUT2D eigenvalue weighted by Gasteiger charge is 2.28. The van der Waals surface area contributed by atoms with Gasteiger partial charge in [0.1, 0.15) is 0 Å². The highest BCUT2D eigenvalue weighted by atomic mass is 35.5. The maximum Gasteiger partial charge on any atom is 0.240 e. The first-order chi connectivity index (χ1) is 12.4. The second-order valence-electron chi connectivity index (χ2n) is 6.02. The monoisotopic (exact) mass is 410 g/mol. The Morgan fingerprint density at radius 3 is 2.58 bits per heavy atom. The predicted octanol–water partition coefficient (Wildman–Crippen LogP) is 3.90. The van der Waals surface area contributed by atoms with Crippen molar-refractivity contribution in [2.24, 2.45) is 0 Å². The Balaban J connectivity index is 1.52. The van der Waals surface area contributed by atoms with E-state index in [0.29, 0.717) is 22.9 Å². The molecule has 0 aromatic heterocycles. The molecule has 138 valence electrons. The molecule has 0 saturated heterocycles. The van der Waals surface area contributed by atoms with E-state index in [4.69, 9.17) is 11.6 Å². The molecule has 0 bridgehead atoms. The van der Waals surface area contributed by atoms with E-state index in [9.17, 15) is 13.2 Å². The third kappa shape index (κ3) is 5.74. The average molecular weight is 411 g/mol. The summed E-state index contributed by atoms with van der Waals surface area (Å²) >= 11 is 7.41. The summed E-state index contributed by atoms with van der Waals surface area (Å²) in [6.07, 6.45) is 2.08. The molecule has 1 amide bonds.